The average Bonchev–Trinajstić information content (AvgIpc) is 2.53. The minimum absolute atomic E-state index is 0.0290. The summed E-state index contributed by atoms with van der Waals surface area (Å²) in [6.07, 6.45) is 0.991. The number of esters is 1. The fraction of sp³-hybridized carbons (Fsp3) is 0.125. The van der Waals surface area contributed by atoms with E-state index < -0.39 is 21.6 Å². The van der Waals surface area contributed by atoms with Crippen LogP contribution in [0.3, 0.4) is 0 Å². The second kappa shape index (κ2) is 6.11. The first-order chi connectivity index (χ1) is 10.3. The van der Waals surface area contributed by atoms with Crippen LogP contribution < -0.4 is 0 Å². The van der Waals surface area contributed by atoms with E-state index in [0.29, 0.717) is 5.56 Å². The first-order valence-corrected chi connectivity index (χ1v) is 8.26. The molecule has 0 fully saturated rings. The van der Waals surface area contributed by atoms with Gasteiger partial charge in [0.25, 0.3) is 0 Å². The van der Waals surface area contributed by atoms with Gasteiger partial charge in [-0.05, 0) is 18.2 Å². The minimum Gasteiger partial charge on any atom is -0.465 e. The Bertz CT molecular complexity index is 823. The Labute approximate surface area is 128 Å². The summed E-state index contributed by atoms with van der Waals surface area (Å²) in [6, 6.07) is 12.2. The van der Waals surface area contributed by atoms with Crippen molar-refractivity contribution >= 4 is 21.6 Å². The molecular formula is C16H14O5S. The lowest BCUT2D eigenvalue weighted by Crippen LogP contribution is -2.12. The Hall–Kier alpha value is -2.47. The number of ether oxygens (including phenoxy) is 1. The van der Waals surface area contributed by atoms with Crippen molar-refractivity contribution in [2.75, 3.05) is 13.4 Å². The molecule has 2 rings (SSSR count). The maximum atomic E-state index is 12.5. The zero-order valence-electron chi connectivity index (χ0n) is 12.1. The molecule has 0 unspecified atom stereocenters. The van der Waals surface area contributed by atoms with E-state index in [1.54, 1.807) is 30.3 Å². The fourth-order valence-corrected chi connectivity index (χ4v) is 2.91. The summed E-state index contributed by atoms with van der Waals surface area (Å²) < 4.78 is 28.5. The van der Waals surface area contributed by atoms with Crippen molar-refractivity contribution < 1.29 is 22.7 Å². The third-order valence-electron chi connectivity index (χ3n) is 3.08. The van der Waals surface area contributed by atoms with Crippen molar-refractivity contribution in [2.24, 2.45) is 0 Å². The highest BCUT2D eigenvalue weighted by molar-refractivity contribution is 7.90. The molecule has 0 atom stereocenters. The van der Waals surface area contributed by atoms with Crippen LogP contribution in [0.5, 0.6) is 0 Å². The number of hydrogen-bond donors (Lipinski definition) is 0. The molecule has 0 aromatic heterocycles. The molecule has 0 heterocycles. The molecule has 0 saturated carbocycles. The van der Waals surface area contributed by atoms with E-state index in [9.17, 15) is 18.0 Å². The normalized spacial score (nSPS) is 11.0. The molecule has 0 radical (unpaired) electrons. The molecule has 2 aromatic rings. The standard InChI is InChI=1S/C16H14O5S/c1-21-16(18)12-8-9-13(14(10-12)22(2,19)20)15(17)11-6-4-3-5-7-11/h3-10H,1-2H3. The lowest BCUT2D eigenvalue weighted by atomic mass is 10.0. The van der Waals surface area contributed by atoms with Crippen molar-refractivity contribution in [3.05, 3.63) is 65.2 Å². The SMILES string of the molecule is COC(=O)c1ccc(C(=O)c2ccccc2)c(S(C)(=O)=O)c1. The molecule has 5 nitrogen and oxygen atoms in total. The number of methoxy groups -OCH3 is 1. The number of hydrogen-bond acceptors (Lipinski definition) is 5. The lowest BCUT2D eigenvalue weighted by molar-refractivity contribution is 0.0600. The summed E-state index contributed by atoms with van der Waals surface area (Å²) in [6.45, 7) is 0. The van der Waals surface area contributed by atoms with Crippen LogP contribution in [0.2, 0.25) is 0 Å². The number of benzene rings is 2. The Balaban J connectivity index is 2.61. The minimum atomic E-state index is -3.68. The number of carbonyl (C=O) groups excluding carboxylic acids is 2. The molecule has 0 amide bonds. The molecule has 22 heavy (non-hydrogen) atoms. The van der Waals surface area contributed by atoms with E-state index in [2.05, 4.69) is 4.74 Å². The highest BCUT2D eigenvalue weighted by Crippen LogP contribution is 2.21. The number of rotatable bonds is 4. The summed E-state index contributed by atoms with van der Waals surface area (Å²) in [4.78, 5) is 23.8. The number of ketones is 1. The predicted molar refractivity (Wildman–Crippen MR) is 80.8 cm³/mol. The van der Waals surface area contributed by atoms with Crippen LogP contribution in [0.25, 0.3) is 0 Å². The van der Waals surface area contributed by atoms with Gasteiger partial charge in [0.15, 0.2) is 15.6 Å². The average molecular weight is 318 g/mol. The van der Waals surface area contributed by atoms with Gasteiger partial charge in [-0.2, -0.15) is 0 Å². The fourth-order valence-electron chi connectivity index (χ4n) is 2.01. The zero-order valence-corrected chi connectivity index (χ0v) is 12.9. The van der Waals surface area contributed by atoms with Crippen LogP contribution in [0.4, 0.5) is 0 Å². The first-order valence-electron chi connectivity index (χ1n) is 6.37. The van der Waals surface area contributed by atoms with E-state index in [-0.39, 0.29) is 16.0 Å². The second-order valence-corrected chi connectivity index (χ2v) is 6.65. The van der Waals surface area contributed by atoms with Gasteiger partial charge in [0.05, 0.1) is 17.6 Å². The van der Waals surface area contributed by atoms with Crippen molar-refractivity contribution in [1.82, 2.24) is 0 Å². The van der Waals surface area contributed by atoms with Gasteiger partial charge in [0.2, 0.25) is 0 Å². The molecule has 0 N–H and O–H groups in total. The molecule has 0 bridgehead atoms. The zero-order chi connectivity index (χ0) is 16.3. The van der Waals surface area contributed by atoms with E-state index in [1.807, 2.05) is 0 Å². The smallest absolute Gasteiger partial charge is 0.337 e. The summed E-state index contributed by atoms with van der Waals surface area (Å²) in [5, 5.41) is 0. The van der Waals surface area contributed by atoms with Crippen molar-refractivity contribution in [1.29, 1.82) is 0 Å². The summed E-state index contributed by atoms with van der Waals surface area (Å²) in [5.74, 6) is -1.08. The van der Waals surface area contributed by atoms with Crippen molar-refractivity contribution in [3.63, 3.8) is 0 Å². The molecule has 2 aromatic carbocycles. The van der Waals surface area contributed by atoms with E-state index in [1.165, 1.54) is 19.2 Å². The quantitative estimate of drug-likeness (QED) is 0.637. The Morgan fingerprint density at radius 1 is 0.955 bits per heavy atom. The van der Waals surface area contributed by atoms with E-state index in [4.69, 9.17) is 0 Å². The van der Waals surface area contributed by atoms with Gasteiger partial charge < -0.3 is 4.74 Å². The van der Waals surface area contributed by atoms with Crippen molar-refractivity contribution in [3.8, 4) is 0 Å². The molecular weight excluding hydrogens is 304 g/mol. The molecule has 114 valence electrons. The summed E-state index contributed by atoms with van der Waals surface area (Å²) >= 11 is 0. The summed E-state index contributed by atoms with van der Waals surface area (Å²) in [7, 11) is -2.48. The van der Waals surface area contributed by atoms with Gasteiger partial charge in [-0.1, -0.05) is 30.3 Å². The highest BCUT2D eigenvalue weighted by atomic mass is 32.2. The Morgan fingerprint density at radius 2 is 1.59 bits per heavy atom. The van der Waals surface area contributed by atoms with Gasteiger partial charge in [-0.15, -0.1) is 0 Å². The Morgan fingerprint density at radius 3 is 2.14 bits per heavy atom. The van der Waals surface area contributed by atoms with Gasteiger partial charge >= 0.3 is 5.97 Å². The maximum absolute atomic E-state index is 12.5. The van der Waals surface area contributed by atoms with Crippen LogP contribution in [0, 0.1) is 0 Å². The summed E-state index contributed by atoms with van der Waals surface area (Å²) in [5.41, 5.74) is 0.479. The largest absolute Gasteiger partial charge is 0.465 e. The molecule has 0 aliphatic rings. The topological polar surface area (TPSA) is 77.5 Å². The van der Waals surface area contributed by atoms with Crippen LogP contribution in [0.1, 0.15) is 26.3 Å². The van der Waals surface area contributed by atoms with Gasteiger partial charge in [-0.25, -0.2) is 13.2 Å². The van der Waals surface area contributed by atoms with E-state index >= 15 is 0 Å². The predicted octanol–water partition coefficient (Wildman–Crippen LogP) is 2.11. The lowest BCUT2D eigenvalue weighted by Gasteiger charge is -2.09. The van der Waals surface area contributed by atoms with Crippen LogP contribution in [0.15, 0.2) is 53.4 Å². The Kier molecular flexibility index (Phi) is 4.42. The van der Waals surface area contributed by atoms with Gasteiger partial charge in [0, 0.05) is 17.4 Å². The third-order valence-corrected chi connectivity index (χ3v) is 4.22. The molecule has 0 saturated heterocycles. The third kappa shape index (κ3) is 3.23. The molecule has 0 aliphatic heterocycles. The van der Waals surface area contributed by atoms with Crippen LogP contribution in [-0.2, 0) is 14.6 Å². The van der Waals surface area contributed by atoms with Crippen LogP contribution in [-0.4, -0.2) is 33.5 Å². The number of carbonyl (C=O) groups is 2. The number of sulfone groups is 1. The highest BCUT2D eigenvalue weighted by Gasteiger charge is 2.22. The van der Waals surface area contributed by atoms with Crippen LogP contribution >= 0.6 is 0 Å². The van der Waals surface area contributed by atoms with Gasteiger partial charge in [0.1, 0.15) is 0 Å². The van der Waals surface area contributed by atoms with E-state index in [0.717, 1.165) is 12.3 Å². The first kappa shape index (κ1) is 15.9. The molecule has 6 heteroatoms. The monoisotopic (exact) mass is 318 g/mol. The van der Waals surface area contributed by atoms with Gasteiger partial charge in [-0.3, -0.25) is 4.79 Å². The molecule has 0 spiro atoms. The maximum Gasteiger partial charge on any atom is 0.337 e. The second-order valence-electron chi connectivity index (χ2n) is 4.67. The van der Waals surface area contributed by atoms with Crippen molar-refractivity contribution in [2.45, 2.75) is 4.90 Å². The molecule has 0 aliphatic carbocycles.